The summed E-state index contributed by atoms with van der Waals surface area (Å²) < 4.78 is 39.7. The average Bonchev–Trinajstić information content (AvgIpc) is 2.40. The van der Waals surface area contributed by atoms with E-state index >= 15 is 0 Å². The molecule has 0 radical (unpaired) electrons. The Morgan fingerprint density at radius 2 is 1.62 bits per heavy atom. The Morgan fingerprint density at radius 3 is 2.14 bits per heavy atom. The van der Waals surface area contributed by atoms with E-state index in [2.05, 4.69) is 22.6 Å². The van der Waals surface area contributed by atoms with Crippen LogP contribution in [0.25, 0.3) is 0 Å². The molecule has 1 N–H and O–H groups in total. The fourth-order valence-electron chi connectivity index (χ4n) is 1.65. The molecule has 0 saturated carbocycles. The van der Waals surface area contributed by atoms with E-state index in [-0.39, 0.29) is 0 Å². The lowest BCUT2D eigenvalue weighted by atomic mass is 10.1. The van der Waals surface area contributed by atoms with Gasteiger partial charge >= 0.3 is 12.1 Å². The van der Waals surface area contributed by atoms with Crippen LogP contribution < -0.4 is 0 Å². The molecule has 2 aromatic carbocycles. The smallest absolute Gasteiger partial charge is 0.417 e. The van der Waals surface area contributed by atoms with Crippen molar-refractivity contribution in [1.82, 2.24) is 0 Å². The van der Waals surface area contributed by atoms with Gasteiger partial charge in [-0.1, -0.05) is 11.8 Å². The summed E-state index contributed by atoms with van der Waals surface area (Å²) in [6.07, 6.45) is -4.70. The van der Waals surface area contributed by atoms with Gasteiger partial charge in [0.2, 0.25) is 0 Å². The van der Waals surface area contributed by atoms with Crippen LogP contribution in [0.1, 0.15) is 15.9 Å². The SMILES string of the molecule is O=C(O)c1ccc(Sc2ccc(I)cc2)cc1C(F)(F)F. The van der Waals surface area contributed by atoms with Gasteiger partial charge in [-0.05, 0) is 65.1 Å². The largest absolute Gasteiger partial charge is 0.478 e. The number of carboxylic acids is 1. The van der Waals surface area contributed by atoms with Crippen LogP contribution in [-0.2, 0) is 6.18 Å². The van der Waals surface area contributed by atoms with Crippen molar-refractivity contribution in [3.63, 3.8) is 0 Å². The first kappa shape index (κ1) is 16.2. The number of benzene rings is 2. The maximum atomic E-state index is 12.9. The zero-order valence-electron chi connectivity index (χ0n) is 10.3. The van der Waals surface area contributed by atoms with Gasteiger partial charge in [0.05, 0.1) is 11.1 Å². The maximum absolute atomic E-state index is 12.9. The predicted octanol–water partition coefficient (Wildman–Crippen LogP) is 5.16. The van der Waals surface area contributed by atoms with E-state index in [9.17, 15) is 18.0 Å². The highest BCUT2D eigenvalue weighted by Gasteiger charge is 2.35. The van der Waals surface area contributed by atoms with E-state index < -0.39 is 23.3 Å². The van der Waals surface area contributed by atoms with Crippen LogP contribution in [-0.4, -0.2) is 11.1 Å². The molecule has 21 heavy (non-hydrogen) atoms. The normalized spacial score (nSPS) is 11.4. The van der Waals surface area contributed by atoms with Gasteiger partial charge in [-0.15, -0.1) is 0 Å². The average molecular weight is 424 g/mol. The Bertz CT molecular complexity index is 669. The fraction of sp³-hybridized carbons (Fsp3) is 0.0714. The monoisotopic (exact) mass is 424 g/mol. The van der Waals surface area contributed by atoms with Crippen LogP contribution in [0.5, 0.6) is 0 Å². The topological polar surface area (TPSA) is 37.3 Å². The van der Waals surface area contributed by atoms with Crippen molar-refractivity contribution < 1.29 is 23.1 Å². The minimum atomic E-state index is -4.70. The summed E-state index contributed by atoms with van der Waals surface area (Å²) in [7, 11) is 0. The predicted molar refractivity (Wildman–Crippen MR) is 81.7 cm³/mol. The second-order valence-electron chi connectivity index (χ2n) is 4.07. The Morgan fingerprint density at radius 1 is 1.05 bits per heavy atom. The highest BCUT2D eigenvalue weighted by molar-refractivity contribution is 14.1. The molecule has 0 aliphatic carbocycles. The summed E-state index contributed by atoms with van der Waals surface area (Å²) in [6, 6.07) is 10.5. The number of carbonyl (C=O) groups is 1. The van der Waals surface area contributed by atoms with E-state index in [0.717, 1.165) is 32.4 Å². The molecule has 0 amide bonds. The first-order chi connectivity index (χ1) is 9.77. The third-order valence-corrected chi connectivity index (χ3v) is 4.29. The summed E-state index contributed by atoms with van der Waals surface area (Å²) in [5.74, 6) is -1.59. The molecular formula is C14H8F3IO2S. The Hall–Kier alpha value is -1.22. The van der Waals surface area contributed by atoms with Crippen LogP contribution in [0.4, 0.5) is 13.2 Å². The van der Waals surface area contributed by atoms with E-state index in [1.54, 1.807) is 12.1 Å². The quantitative estimate of drug-likeness (QED) is 0.692. The van der Waals surface area contributed by atoms with Gasteiger partial charge in [0.1, 0.15) is 0 Å². The molecule has 110 valence electrons. The van der Waals surface area contributed by atoms with Crippen molar-refractivity contribution in [1.29, 1.82) is 0 Å². The molecule has 0 aliphatic rings. The van der Waals surface area contributed by atoms with Crippen molar-refractivity contribution in [2.45, 2.75) is 16.0 Å². The van der Waals surface area contributed by atoms with Gasteiger partial charge in [-0.25, -0.2) is 4.79 Å². The molecule has 0 bridgehead atoms. The molecule has 0 atom stereocenters. The first-order valence-electron chi connectivity index (χ1n) is 5.65. The molecule has 2 nitrogen and oxygen atoms in total. The Kier molecular flexibility index (Phi) is 4.82. The van der Waals surface area contributed by atoms with Gasteiger partial charge in [-0.2, -0.15) is 13.2 Å². The molecule has 0 fully saturated rings. The Labute approximate surface area is 136 Å². The van der Waals surface area contributed by atoms with Crippen LogP contribution in [0.3, 0.4) is 0 Å². The second-order valence-corrected chi connectivity index (χ2v) is 6.46. The highest BCUT2D eigenvalue weighted by atomic mass is 127. The van der Waals surface area contributed by atoms with E-state index in [4.69, 9.17) is 5.11 Å². The third-order valence-electron chi connectivity index (χ3n) is 2.58. The second kappa shape index (κ2) is 6.27. The molecule has 0 aromatic heterocycles. The van der Waals surface area contributed by atoms with Gasteiger partial charge in [0.15, 0.2) is 0 Å². The van der Waals surface area contributed by atoms with Gasteiger partial charge in [0.25, 0.3) is 0 Å². The molecular weight excluding hydrogens is 416 g/mol. The fourth-order valence-corrected chi connectivity index (χ4v) is 2.86. The number of halogens is 4. The summed E-state index contributed by atoms with van der Waals surface area (Å²) in [5, 5.41) is 8.83. The van der Waals surface area contributed by atoms with Crippen molar-refractivity contribution in [3.8, 4) is 0 Å². The van der Waals surface area contributed by atoms with E-state index in [1.807, 2.05) is 12.1 Å². The molecule has 0 spiro atoms. The summed E-state index contributed by atoms with van der Waals surface area (Å²) in [5.41, 5.74) is -1.88. The van der Waals surface area contributed by atoms with Gasteiger partial charge < -0.3 is 5.11 Å². The maximum Gasteiger partial charge on any atom is 0.417 e. The van der Waals surface area contributed by atoms with Crippen molar-refractivity contribution in [2.24, 2.45) is 0 Å². The molecule has 2 aromatic rings. The zero-order valence-corrected chi connectivity index (χ0v) is 13.3. The molecule has 0 unspecified atom stereocenters. The summed E-state index contributed by atoms with van der Waals surface area (Å²) in [6.45, 7) is 0. The summed E-state index contributed by atoms with van der Waals surface area (Å²) >= 11 is 3.28. The molecule has 7 heteroatoms. The van der Waals surface area contributed by atoms with Crippen LogP contribution >= 0.6 is 34.4 Å². The van der Waals surface area contributed by atoms with E-state index in [0.29, 0.717) is 4.90 Å². The number of hydrogen-bond acceptors (Lipinski definition) is 2. The minimum absolute atomic E-state index is 0.341. The minimum Gasteiger partial charge on any atom is -0.478 e. The lowest BCUT2D eigenvalue weighted by molar-refractivity contribution is -0.138. The standard InChI is InChI=1S/C14H8F3IO2S/c15-14(16,17)12-7-10(5-6-11(12)13(19)20)21-9-3-1-8(18)2-4-9/h1-7H,(H,19,20). The number of carboxylic acid groups (broad SMARTS) is 1. The highest BCUT2D eigenvalue weighted by Crippen LogP contribution is 2.36. The molecule has 0 saturated heterocycles. The Balaban J connectivity index is 2.38. The number of aromatic carboxylic acids is 1. The van der Waals surface area contributed by atoms with Gasteiger partial charge in [-0.3, -0.25) is 0 Å². The van der Waals surface area contributed by atoms with Crippen molar-refractivity contribution in [3.05, 3.63) is 57.2 Å². The lowest BCUT2D eigenvalue weighted by Gasteiger charge is -2.12. The van der Waals surface area contributed by atoms with Crippen molar-refractivity contribution >= 4 is 40.3 Å². The first-order valence-corrected chi connectivity index (χ1v) is 7.55. The van der Waals surface area contributed by atoms with Crippen LogP contribution in [0.15, 0.2) is 52.3 Å². The number of alkyl halides is 3. The summed E-state index contributed by atoms with van der Waals surface area (Å²) in [4.78, 5) is 12.0. The van der Waals surface area contributed by atoms with Gasteiger partial charge in [0, 0.05) is 13.4 Å². The number of hydrogen-bond donors (Lipinski definition) is 1. The van der Waals surface area contributed by atoms with Crippen LogP contribution in [0.2, 0.25) is 0 Å². The lowest BCUT2D eigenvalue weighted by Crippen LogP contribution is -2.12. The molecule has 0 heterocycles. The molecule has 0 aliphatic heterocycles. The van der Waals surface area contributed by atoms with Crippen LogP contribution in [0, 0.1) is 3.57 Å². The third kappa shape index (κ3) is 4.13. The zero-order chi connectivity index (χ0) is 15.6. The number of rotatable bonds is 3. The van der Waals surface area contributed by atoms with E-state index in [1.165, 1.54) is 6.07 Å². The van der Waals surface area contributed by atoms with Crippen molar-refractivity contribution in [2.75, 3.05) is 0 Å². The molecule has 2 rings (SSSR count).